The Morgan fingerprint density at radius 2 is 1.29 bits per heavy atom. The smallest absolute Gasteiger partial charge is 0.136 e. The molecule has 41 heavy (non-hydrogen) atoms. The fourth-order valence-electron chi connectivity index (χ4n) is 7.16. The van der Waals surface area contributed by atoms with E-state index in [1.807, 2.05) is 6.07 Å². The largest absolute Gasteiger partial charge is 0.456 e. The predicted octanol–water partition coefficient (Wildman–Crippen LogP) is 10.7. The lowest BCUT2D eigenvalue weighted by molar-refractivity contribution is 0.661. The monoisotopic (exact) mass is 525 g/mol. The maximum atomic E-state index is 6.38. The van der Waals surface area contributed by atoms with Crippen LogP contribution in [-0.4, -0.2) is 4.57 Å². The van der Waals surface area contributed by atoms with Crippen molar-refractivity contribution >= 4 is 43.7 Å². The second-order valence-electron chi connectivity index (χ2n) is 11.8. The van der Waals surface area contributed by atoms with Crippen LogP contribution in [0.1, 0.15) is 25.0 Å². The van der Waals surface area contributed by atoms with Crippen LogP contribution in [0.2, 0.25) is 0 Å². The molecule has 194 valence electrons. The lowest BCUT2D eigenvalue weighted by Gasteiger charge is -2.21. The van der Waals surface area contributed by atoms with Crippen molar-refractivity contribution in [2.24, 2.45) is 0 Å². The van der Waals surface area contributed by atoms with Crippen molar-refractivity contribution in [1.29, 1.82) is 0 Å². The van der Waals surface area contributed by atoms with E-state index in [-0.39, 0.29) is 5.41 Å². The SMILES string of the molecule is CC1(C)c2ccccc2-c2cc3c4ccccc4n(-c4ccc5oc6cc(-c7ccccc7)ccc6c5c4)c3cc21. The van der Waals surface area contributed by atoms with Crippen LogP contribution in [0.15, 0.2) is 132 Å². The molecule has 1 aliphatic rings. The van der Waals surface area contributed by atoms with Gasteiger partial charge in [-0.05, 0) is 81.9 Å². The van der Waals surface area contributed by atoms with E-state index in [1.54, 1.807) is 0 Å². The summed E-state index contributed by atoms with van der Waals surface area (Å²) in [5.74, 6) is 0. The van der Waals surface area contributed by atoms with Gasteiger partial charge < -0.3 is 8.98 Å². The Morgan fingerprint density at radius 1 is 0.488 bits per heavy atom. The van der Waals surface area contributed by atoms with Crippen molar-refractivity contribution in [1.82, 2.24) is 4.57 Å². The van der Waals surface area contributed by atoms with E-state index >= 15 is 0 Å². The molecule has 2 heterocycles. The molecule has 0 spiro atoms. The van der Waals surface area contributed by atoms with Gasteiger partial charge in [0.05, 0.1) is 11.0 Å². The molecule has 1 aliphatic carbocycles. The Kier molecular flexibility index (Phi) is 4.42. The molecule has 0 fully saturated rings. The molecule has 0 atom stereocenters. The third kappa shape index (κ3) is 3.08. The Morgan fingerprint density at radius 3 is 2.20 bits per heavy atom. The molecule has 0 bridgehead atoms. The summed E-state index contributed by atoms with van der Waals surface area (Å²) < 4.78 is 8.81. The summed E-state index contributed by atoms with van der Waals surface area (Å²) in [6, 6.07) is 46.2. The Hall–Kier alpha value is -5.08. The predicted molar refractivity (Wildman–Crippen MR) is 171 cm³/mol. The van der Waals surface area contributed by atoms with Crippen LogP contribution < -0.4 is 0 Å². The summed E-state index contributed by atoms with van der Waals surface area (Å²) >= 11 is 0. The van der Waals surface area contributed by atoms with Gasteiger partial charge in [-0.3, -0.25) is 0 Å². The van der Waals surface area contributed by atoms with Crippen LogP contribution in [0.25, 0.3) is 71.7 Å². The van der Waals surface area contributed by atoms with Gasteiger partial charge in [-0.15, -0.1) is 0 Å². The summed E-state index contributed by atoms with van der Waals surface area (Å²) in [4.78, 5) is 0. The van der Waals surface area contributed by atoms with E-state index in [1.165, 1.54) is 49.6 Å². The van der Waals surface area contributed by atoms with Crippen LogP contribution in [0.3, 0.4) is 0 Å². The number of benzene rings is 6. The van der Waals surface area contributed by atoms with Crippen LogP contribution in [0.4, 0.5) is 0 Å². The number of hydrogen-bond donors (Lipinski definition) is 0. The minimum Gasteiger partial charge on any atom is -0.456 e. The second-order valence-corrected chi connectivity index (χ2v) is 11.8. The van der Waals surface area contributed by atoms with E-state index in [4.69, 9.17) is 4.42 Å². The fourth-order valence-corrected chi connectivity index (χ4v) is 7.16. The van der Waals surface area contributed by atoms with Crippen molar-refractivity contribution in [3.05, 3.63) is 139 Å². The zero-order valence-electron chi connectivity index (χ0n) is 23.0. The molecular formula is C39H27NO. The third-order valence-electron chi connectivity index (χ3n) is 9.20. The van der Waals surface area contributed by atoms with Crippen molar-refractivity contribution in [3.63, 3.8) is 0 Å². The molecule has 0 amide bonds. The molecule has 2 aromatic heterocycles. The standard InChI is InChI=1S/C39H27NO/c1-39(2)33-14-8-6-12-27(33)30-22-31-28-13-7-9-15-35(28)40(36(31)23-34(30)39)26-17-19-37-32(21-26)29-18-16-25(20-38(29)41-37)24-10-4-3-5-11-24/h3-23H,1-2H3. The molecule has 0 unspecified atom stereocenters. The number of hydrogen-bond acceptors (Lipinski definition) is 1. The summed E-state index contributed by atoms with van der Waals surface area (Å²) in [6.45, 7) is 4.70. The van der Waals surface area contributed by atoms with Crippen LogP contribution >= 0.6 is 0 Å². The van der Waals surface area contributed by atoms with Gasteiger partial charge in [0.1, 0.15) is 11.2 Å². The number of nitrogens with zero attached hydrogens (tertiary/aromatic N) is 1. The quantitative estimate of drug-likeness (QED) is 0.219. The fraction of sp³-hybridized carbons (Fsp3) is 0.0769. The molecule has 2 heteroatoms. The van der Waals surface area contributed by atoms with Gasteiger partial charge in [0.15, 0.2) is 0 Å². The highest BCUT2D eigenvalue weighted by Crippen LogP contribution is 2.51. The van der Waals surface area contributed by atoms with Crippen molar-refractivity contribution in [2.75, 3.05) is 0 Å². The Balaban J connectivity index is 1.29. The molecular weight excluding hydrogens is 498 g/mol. The molecule has 9 rings (SSSR count). The van der Waals surface area contributed by atoms with E-state index in [0.29, 0.717) is 0 Å². The van der Waals surface area contributed by atoms with Gasteiger partial charge in [0.25, 0.3) is 0 Å². The topological polar surface area (TPSA) is 18.1 Å². The zero-order chi connectivity index (χ0) is 27.3. The summed E-state index contributed by atoms with van der Waals surface area (Å²) in [7, 11) is 0. The van der Waals surface area contributed by atoms with Crippen molar-refractivity contribution in [3.8, 4) is 27.9 Å². The summed E-state index contributed by atoms with van der Waals surface area (Å²) in [5, 5.41) is 4.84. The number of aromatic nitrogens is 1. The first kappa shape index (κ1) is 22.7. The molecule has 6 aromatic carbocycles. The highest BCUT2D eigenvalue weighted by atomic mass is 16.3. The molecule has 0 aliphatic heterocycles. The molecule has 0 saturated carbocycles. The molecule has 0 radical (unpaired) electrons. The summed E-state index contributed by atoms with van der Waals surface area (Å²) in [5.41, 5.74) is 13.2. The maximum absolute atomic E-state index is 6.38. The van der Waals surface area contributed by atoms with Gasteiger partial charge in [0.2, 0.25) is 0 Å². The highest BCUT2D eigenvalue weighted by Gasteiger charge is 2.36. The number of para-hydroxylation sites is 1. The first-order valence-electron chi connectivity index (χ1n) is 14.3. The second kappa shape index (κ2) is 7.99. The molecule has 8 aromatic rings. The minimum absolute atomic E-state index is 0.0530. The average Bonchev–Trinajstić information content (AvgIpc) is 3.62. The highest BCUT2D eigenvalue weighted by molar-refractivity contribution is 6.12. The maximum Gasteiger partial charge on any atom is 0.136 e. The van der Waals surface area contributed by atoms with Crippen molar-refractivity contribution in [2.45, 2.75) is 19.3 Å². The normalized spacial score (nSPS) is 13.8. The molecule has 0 N–H and O–H groups in total. The molecule has 2 nitrogen and oxygen atoms in total. The Bertz CT molecular complexity index is 2330. The van der Waals surface area contributed by atoms with Gasteiger partial charge in [0, 0.05) is 32.6 Å². The minimum atomic E-state index is -0.0530. The number of furan rings is 1. The first-order valence-corrected chi connectivity index (χ1v) is 14.3. The van der Waals surface area contributed by atoms with Gasteiger partial charge in [-0.2, -0.15) is 0 Å². The average molecular weight is 526 g/mol. The zero-order valence-corrected chi connectivity index (χ0v) is 23.0. The first-order chi connectivity index (χ1) is 20.1. The van der Waals surface area contributed by atoms with Crippen LogP contribution in [-0.2, 0) is 5.41 Å². The van der Waals surface area contributed by atoms with Gasteiger partial charge in [-0.1, -0.05) is 92.7 Å². The number of rotatable bonds is 2. The lowest BCUT2D eigenvalue weighted by atomic mass is 9.82. The van der Waals surface area contributed by atoms with Crippen LogP contribution in [0.5, 0.6) is 0 Å². The van der Waals surface area contributed by atoms with Gasteiger partial charge in [-0.25, -0.2) is 0 Å². The van der Waals surface area contributed by atoms with Gasteiger partial charge >= 0.3 is 0 Å². The Labute approximate surface area is 238 Å². The van der Waals surface area contributed by atoms with E-state index < -0.39 is 0 Å². The summed E-state index contributed by atoms with van der Waals surface area (Å²) in [6.07, 6.45) is 0. The van der Waals surface area contributed by atoms with E-state index in [2.05, 4.69) is 140 Å². The molecule has 0 saturated heterocycles. The van der Waals surface area contributed by atoms with Crippen LogP contribution in [0, 0.1) is 0 Å². The number of fused-ring (bicyclic) bond motifs is 9. The lowest BCUT2D eigenvalue weighted by Crippen LogP contribution is -2.14. The third-order valence-corrected chi connectivity index (χ3v) is 9.20. The van der Waals surface area contributed by atoms with E-state index in [9.17, 15) is 0 Å². The van der Waals surface area contributed by atoms with E-state index in [0.717, 1.165) is 33.2 Å². The van der Waals surface area contributed by atoms with Crippen molar-refractivity contribution < 1.29 is 4.42 Å².